The molecule has 2 aromatic rings. The molecule has 0 radical (unpaired) electrons. The van der Waals surface area contributed by atoms with Gasteiger partial charge in [0.25, 0.3) is 5.91 Å². The number of hydrogen-bond acceptors (Lipinski definition) is 6. The molecule has 2 aliphatic rings. The fourth-order valence-electron chi connectivity index (χ4n) is 3.19. The van der Waals surface area contributed by atoms with Crippen molar-refractivity contribution in [2.24, 2.45) is 10.1 Å². The lowest BCUT2D eigenvalue weighted by Crippen LogP contribution is -2.35. The van der Waals surface area contributed by atoms with Gasteiger partial charge in [0.2, 0.25) is 19.4 Å². The molecule has 29 heavy (non-hydrogen) atoms. The number of aliphatic imine (C=N–C) groups is 1. The molecule has 1 aromatic heterocycles. The number of aryl methyl sites for hydroxylation is 1. The van der Waals surface area contributed by atoms with E-state index >= 15 is 0 Å². The topological polar surface area (TPSA) is 108 Å². The van der Waals surface area contributed by atoms with Crippen LogP contribution < -0.4 is 0 Å². The predicted octanol–water partition coefficient (Wildman–Crippen LogP) is 2.72. The number of hydrazone groups is 1. The number of fused-ring (bicyclic) bond motifs is 1. The van der Waals surface area contributed by atoms with Gasteiger partial charge in [0.05, 0.1) is 5.57 Å². The Balaban J connectivity index is 1.76. The van der Waals surface area contributed by atoms with Gasteiger partial charge in [-0.05, 0) is 55.4 Å². The van der Waals surface area contributed by atoms with Crippen LogP contribution in [0.5, 0.6) is 0 Å². The Morgan fingerprint density at radius 2 is 1.86 bits per heavy atom. The number of para-hydroxylation sites is 1. The second-order valence-electron chi connectivity index (χ2n) is 6.66. The number of benzene rings is 1. The van der Waals surface area contributed by atoms with Gasteiger partial charge in [-0.3, -0.25) is 10.2 Å². The van der Waals surface area contributed by atoms with Crippen molar-refractivity contribution in [1.29, 1.82) is 5.41 Å². The minimum Gasteiger partial charge on any atom is -0.318 e. The monoisotopic (exact) mass is 427 g/mol. The molecule has 4 rings (SSSR count). The van der Waals surface area contributed by atoms with Crippen molar-refractivity contribution in [1.82, 2.24) is 9.58 Å². The maximum Gasteiger partial charge on any atom is 0.283 e. The number of carbonyl (C=O) groups excluding carboxylic acids is 1. The van der Waals surface area contributed by atoms with Crippen LogP contribution in [-0.4, -0.2) is 45.5 Å². The van der Waals surface area contributed by atoms with E-state index in [2.05, 4.69) is 14.7 Å². The molecule has 8 nitrogen and oxygen atoms in total. The standard InChI is InChI=1S/C19H17N5O3S2/c1-11-9-13(12(2)23(11)14-7-5-4-6-8-14)10-15-16(20)24-18(21-17(15)25)28-19(22-24)29(3,26)27/h4-10,20H,1-3H3/b15-10-,20-16?. The van der Waals surface area contributed by atoms with Gasteiger partial charge in [0.15, 0.2) is 5.84 Å². The zero-order chi connectivity index (χ0) is 20.9. The van der Waals surface area contributed by atoms with Crippen LogP contribution in [0.4, 0.5) is 0 Å². The minimum atomic E-state index is -3.56. The molecular weight excluding hydrogens is 410 g/mol. The van der Waals surface area contributed by atoms with Gasteiger partial charge in [-0.2, -0.15) is 10.0 Å². The Bertz CT molecular complexity index is 1250. The van der Waals surface area contributed by atoms with Crippen molar-refractivity contribution in [3.05, 3.63) is 58.9 Å². The smallest absolute Gasteiger partial charge is 0.283 e. The quantitative estimate of drug-likeness (QED) is 0.742. The number of nitrogens with one attached hydrogen (secondary N) is 1. The maximum absolute atomic E-state index is 12.5. The number of nitrogens with zero attached hydrogens (tertiary/aromatic N) is 4. The van der Waals surface area contributed by atoms with E-state index in [-0.39, 0.29) is 21.0 Å². The van der Waals surface area contributed by atoms with Crippen molar-refractivity contribution in [2.75, 3.05) is 6.26 Å². The van der Waals surface area contributed by atoms with E-state index in [9.17, 15) is 13.2 Å². The van der Waals surface area contributed by atoms with Crippen LogP contribution in [0.15, 0.2) is 52.1 Å². The molecule has 2 aliphatic heterocycles. The molecule has 1 aromatic carbocycles. The Morgan fingerprint density at radius 1 is 1.17 bits per heavy atom. The summed E-state index contributed by atoms with van der Waals surface area (Å²) in [7, 11) is -3.56. The highest BCUT2D eigenvalue weighted by molar-refractivity contribution is 8.42. The summed E-state index contributed by atoms with van der Waals surface area (Å²) in [5, 5.41) is 13.5. The molecule has 1 amide bonds. The molecule has 0 spiro atoms. The average Bonchev–Trinajstić information content (AvgIpc) is 3.20. The lowest BCUT2D eigenvalue weighted by Gasteiger charge is -2.20. The number of hydrogen-bond donors (Lipinski definition) is 1. The van der Waals surface area contributed by atoms with Gasteiger partial charge in [-0.15, -0.1) is 5.10 Å². The molecule has 0 fully saturated rings. The molecule has 0 unspecified atom stereocenters. The van der Waals surface area contributed by atoms with Crippen LogP contribution >= 0.6 is 11.8 Å². The van der Waals surface area contributed by atoms with E-state index in [0.717, 1.165) is 45.7 Å². The summed E-state index contributed by atoms with van der Waals surface area (Å²) in [6.07, 6.45) is 2.63. The van der Waals surface area contributed by atoms with Gasteiger partial charge >= 0.3 is 0 Å². The van der Waals surface area contributed by atoms with Gasteiger partial charge in [-0.25, -0.2) is 8.42 Å². The fourth-order valence-corrected chi connectivity index (χ4v) is 4.87. The van der Waals surface area contributed by atoms with Crippen molar-refractivity contribution in [3.8, 4) is 5.69 Å². The summed E-state index contributed by atoms with van der Waals surface area (Å²) in [5.41, 5.74) is 3.72. The maximum atomic E-state index is 12.5. The van der Waals surface area contributed by atoms with Gasteiger partial charge < -0.3 is 4.57 Å². The first kappa shape index (κ1) is 19.3. The van der Waals surface area contributed by atoms with Crippen molar-refractivity contribution >= 4 is 49.0 Å². The highest BCUT2D eigenvalue weighted by atomic mass is 32.3. The lowest BCUT2D eigenvalue weighted by atomic mass is 10.1. The minimum absolute atomic E-state index is 0.0566. The summed E-state index contributed by atoms with van der Waals surface area (Å²) in [4.78, 5) is 16.5. The van der Waals surface area contributed by atoms with Gasteiger partial charge in [0, 0.05) is 23.3 Å². The average molecular weight is 428 g/mol. The lowest BCUT2D eigenvalue weighted by molar-refractivity contribution is -0.114. The largest absolute Gasteiger partial charge is 0.318 e. The van der Waals surface area contributed by atoms with E-state index in [1.807, 2.05) is 50.2 Å². The van der Waals surface area contributed by atoms with Crippen molar-refractivity contribution < 1.29 is 13.2 Å². The summed E-state index contributed by atoms with van der Waals surface area (Å²) >= 11 is 0.769. The number of rotatable bonds is 2. The molecule has 0 atom stereocenters. The molecule has 3 heterocycles. The van der Waals surface area contributed by atoms with E-state index in [4.69, 9.17) is 5.41 Å². The van der Waals surface area contributed by atoms with E-state index in [1.54, 1.807) is 6.08 Å². The number of thioether (sulfide) groups is 1. The third-order valence-electron chi connectivity index (χ3n) is 4.54. The fraction of sp³-hybridized carbons (Fsp3) is 0.158. The summed E-state index contributed by atoms with van der Waals surface area (Å²) in [6.45, 7) is 3.90. The van der Waals surface area contributed by atoms with E-state index in [1.165, 1.54) is 0 Å². The predicted molar refractivity (Wildman–Crippen MR) is 115 cm³/mol. The molecule has 0 aliphatic carbocycles. The van der Waals surface area contributed by atoms with Crippen LogP contribution in [-0.2, 0) is 14.6 Å². The summed E-state index contributed by atoms with van der Waals surface area (Å²) in [6, 6.07) is 11.8. The van der Waals surface area contributed by atoms with Crippen LogP contribution in [0.1, 0.15) is 17.0 Å². The molecule has 10 heteroatoms. The van der Waals surface area contributed by atoms with Crippen molar-refractivity contribution in [3.63, 3.8) is 0 Å². The Kier molecular flexibility index (Phi) is 4.55. The molecular formula is C19H17N5O3S2. The van der Waals surface area contributed by atoms with Crippen LogP contribution in [0, 0.1) is 19.3 Å². The molecule has 0 bridgehead atoms. The van der Waals surface area contributed by atoms with E-state index in [0.29, 0.717) is 0 Å². The van der Waals surface area contributed by atoms with Gasteiger partial charge in [0.1, 0.15) is 0 Å². The number of carbonyl (C=O) groups is 1. The number of amidine groups is 2. The highest BCUT2D eigenvalue weighted by Crippen LogP contribution is 2.31. The summed E-state index contributed by atoms with van der Waals surface area (Å²) < 4.78 is 25.4. The van der Waals surface area contributed by atoms with E-state index < -0.39 is 15.7 Å². The van der Waals surface area contributed by atoms with Crippen molar-refractivity contribution in [2.45, 2.75) is 13.8 Å². The number of sulfone groups is 1. The first-order valence-corrected chi connectivity index (χ1v) is 11.3. The Morgan fingerprint density at radius 3 is 2.52 bits per heavy atom. The number of aromatic nitrogens is 1. The highest BCUT2D eigenvalue weighted by Gasteiger charge is 2.38. The normalized spacial score (nSPS) is 18.2. The number of amides is 1. The molecule has 1 N–H and O–H groups in total. The van der Waals surface area contributed by atoms with Gasteiger partial charge in [-0.1, -0.05) is 18.2 Å². The summed E-state index contributed by atoms with van der Waals surface area (Å²) in [5.74, 6) is -0.793. The molecule has 0 saturated heterocycles. The third kappa shape index (κ3) is 3.34. The zero-order valence-electron chi connectivity index (χ0n) is 15.9. The second-order valence-corrected chi connectivity index (χ2v) is 9.80. The Labute approximate surface area is 172 Å². The first-order valence-electron chi connectivity index (χ1n) is 8.61. The van der Waals surface area contributed by atoms with Crippen LogP contribution in [0.2, 0.25) is 0 Å². The third-order valence-corrected chi connectivity index (χ3v) is 7.12. The zero-order valence-corrected chi connectivity index (χ0v) is 17.5. The molecule has 148 valence electrons. The SMILES string of the molecule is Cc1cc(/C=C2/C(=N)N3N=C(S(C)(=O)=O)SC3=NC2=O)c(C)n1-c1ccccc1. The van der Waals surface area contributed by atoms with Crippen LogP contribution in [0.25, 0.3) is 11.8 Å². The van der Waals surface area contributed by atoms with Crippen LogP contribution in [0.3, 0.4) is 0 Å². The first-order chi connectivity index (χ1) is 13.7. The second kappa shape index (κ2) is 6.82. The Hall–Kier alpha value is -2.98. The molecule has 0 saturated carbocycles.